The van der Waals surface area contributed by atoms with Gasteiger partial charge >= 0.3 is 0 Å². The van der Waals surface area contributed by atoms with E-state index in [-0.39, 0.29) is 42.5 Å². The largest absolute Gasteiger partial charge is 0.326 e. The van der Waals surface area contributed by atoms with Crippen LogP contribution in [-0.4, -0.2) is 29.2 Å². The van der Waals surface area contributed by atoms with Crippen molar-refractivity contribution in [3.8, 4) is 0 Å². The molecule has 5 nitrogen and oxygen atoms in total. The topological polar surface area (TPSA) is 66.5 Å². The van der Waals surface area contributed by atoms with Crippen LogP contribution in [-0.2, 0) is 14.4 Å². The molecule has 1 aromatic rings. The van der Waals surface area contributed by atoms with Gasteiger partial charge in [0.15, 0.2) is 0 Å². The van der Waals surface area contributed by atoms with Crippen LogP contribution < -0.4 is 5.32 Å². The molecule has 1 aliphatic carbocycles. The molecule has 0 radical (unpaired) electrons. The summed E-state index contributed by atoms with van der Waals surface area (Å²) in [5.74, 6) is -0.910. The predicted molar refractivity (Wildman–Crippen MR) is 91.2 cm³/mol. The molecule has 3 rings (SSSR count). The summed E-state index contributed by atoms with van der Waals surface area (Å²) in [7, 11) is 0. The Balaban J connectivity index is 1.58. The summed E-state index contributed by atoms with van der Waals surface area (Å²) in [6.45, 7) is 4.09. The van der Waals surface area contributed by atoms with Gasteiger partial charge < -0.3 is 5.32 Å². The molecule has 0 unspecified atom stereocenters. The summed E-state index contributed by atoms with van der Waals surface area (Å²) < 4.78 is 0. The first-order chi connectivity index (χ1) is 11.5. The second kappa shape index (κ2) is 6.59. The predicted octanol–water partition coefficient (Wildman–Crippen LogP) is 2.58. The van der Waals surface area contributed by atoms with Crippen LogP contribution in [0.1, 0.15) is 30.4 Å². The third kappa shape index (κ3) is 3.11. The lowest BCUT2D eigenvalue weighted by atomic mass is 9.85. The van der Waals surface area contributed by atoms with Gasteiger partial charge in [-0.25, -0.2) is 0 Å². The number of likely N-dealkylation sites (tertiary alicyclic amines) is 1. The highest BCUT2D eigenvalue weighted by atomic mass is 16.2. The van der Waals surface area contributed by atoms with Crippen molar-refractivity contribution in [2.45, 2.75) is 33.1 Å². The second-order valence-electron chi connectivity index (χ2n) is 6.60. The summed E-state index contributed by atoms with van der Waals surface area (Å²) in [6.07, 6.45) is 5.30. The average molecular weight is 326 g/mol. The van der Waals surface area contributed by atoms with Crippen molar-refractivity contribution in [2.75, 3.05) is 11.9 Å². The standard InChI is InChI=1S/C19H22N2O3/c1-12-7-8-16(13(2)11-12)20-17(22)9-10-21-18(23)14-5-3-4-6-15(14)19(21)24/h3-4,7-8,11,14-15H,5-6,9-10H2,1-2H3,(H,20,22)/t14-,15+. The number of imide groups is 1. The van der Waals surface area contributed by atoms with Gasteiger partial charge in [-0.1, -0.05) is 29.8 Å². The fourth-order valence-electron chi connectivity index (χ4n) is 3.47. The van der Waals surface area contributed by atoms with Crippen molar-refractivity contribution >= 4 is 23.4 Å². The van der Waals surface area contributed by atoms with Gasteiger partial charge in [-0.3, -0.25) is 19.3 Å². The molecule has 0 aromatic heterocycles. The fourth-order valence-corrected chi connectivity index (χ4v) is 3.47. The van der Waals surface area contributed by atoms with Gasteiger partial charge in [0.1, 0.15) is 0 Å². The summed E-state index contributed by atoms with van der Waals surface area (Å²) >= 11 is 0. The van der Waals surface area contributed by atoms with E-state index in [0.29, 0.717) is 12.8 Å². The molecule has 1 aliphatic heterocycles. The number of hydrogen-bond acceptors (Lipinski definition) is 3. The Kier molecular flexibility index (Phi) is 4.51. The molecule has 2 aliphatic rings. The number of nitrogens with zero attached hydrogens (tertiary/aromatic N) is 1. The van der Waals surface area contributed by atoms with Crippen molar-refractivity contribution in [3.05, 3.63) is 41.5 Å². The van der Waals surface area contributed by atoms with Gasteiger partial charge in [0.2, 0.25) is 17.7 Å². The number of anilines is 1. The molecule has 0 spiro atoms. The Hall–Kier alpha value is -2.43. The summed E-state index contributed by atoms with van der Waals surface area (Å²) in [5, 5.41) is 2.85. The lowest BCUT2D eigenvalue weighted by Crippen LogP contribution is -2.34. The van der Waals surface area contributed by atoms with Gasteiger partial charge in [-0.05, 0) is 38.3 Å². The highest BCUT2D eigenvalue weighted by molar-refractivity contribution is 6.05. The van der Waals surface area contributed by atoms with Crippen molar-refractivity contribution < 1.29 is 14.4 Å². The lowest BCUT2D eigenvalue weighted by Gasteiger charge is -2.15. The van der Waals surface area contributed by atoms with Gasteiger partial charge in [0, 0.05) is 18.7 Å². The molecule has 1 N–H and O–H groups in total. The molecule has 2 atom stereocenters. The number of fused-ring (bicyclic) bond motifs is 1. The normalized spacial score (nSPS) is 22.7. The summed E-state index contributed by atoms with van der Waals surface area (Å²) in [5.41, 5.74) is 2.89. The molecule has 5 heteroatoms. The molecule has 1 saturated heterocycles. The molecule has 1 aromatic carbocycles. The number of hydrogen-bond donors (Lipinski definition) is 1. The maximum absolute atomic E-state index is 12.4. The van der Waals surface area contributed by atoms with Crippen LogP contribution in [0.15, 0.2) is 30.4 Å². The van der Waals surface area contributed by atoms with Crippen LogP contribution in [0.3, 0.4) is 0 Å². The lowest BCUT2D eigenvalue weighted by molar-refractivity contribution is -0.140. The Bertz CT molecular complexity index is 697. The van der Waals surface area contributed by atoms with Crippen molar-refractivity contribution in [3.63, 3.8) is 0 Å². The summed E-state index contributed by atoms with van der Waals surface area (Å²) in [6, 6.07) is 5.81. The van der Waals surface area contributed by atoms with Crippen molar-refractivity contribution in [1.82, 2.24) is 4.90 Å². The molecule has 3 amide bonds. The van der Waals surface area contributed by atoms with Crippen LogP contribution in [0.2, 0.25) is 0 Å². The number of rotatable bonds is 4. The van der Waals surface area contributed by atoms with E-state index in [9.17, 15) is 14.4 Å². The molecule has 126 valence electrons. The van der Waals surface area contributed by atoms with Crippen LogP contribution in [0.5, 0.6) is 0 Å². The van der Waals surface area contributed by atoms with Crippen LogP contribution in [0, 0.1) is 25.7 Å². The van der Waals surface area contributed by atoms with E-state index >= 15 is 0 Å². The first-order valence-electron chi connectivity index (χ1n) is 8.34. The van der Waals surface area contributed by atoms with Gasteiger partial charge in [0.05, 0.1) is 11.8 Å². The second-order valence-corrected chi connectivity index (χ2v) is 6.60. The Labute approximate surface area is 141 Å². The van der Waals surface area contributed by atoms with E-state index in [4.69, 9.17) is 0 Å². The third-order valence-electron chi connectivity index (χ3n) is 4.82. The molecular formula is C19H22N2O3. The van der Waals surface area contributed by atoms with Crippen LogP contribution >= 0.6 is 0 Å². The first kappa shape index (κ1) is 16.4. The minimum atomic E-state index is -0.232. The van der Waals surface area contributed by atoms with Crippen molar-refractivity contribution in [1.29, 1.82) is 0 Å². The fraction of sp³-hybridized carbons (Fsp3) is 0.421. The van der Waals surface area contributed by atoms with Crippen molar-refractivity contribution in [2.24, 2.45) is 11.8 Å². The van der Waals surface area contributed by atoms with Gasteiger partial charge in [0.25, 0.3) is 0 Å². The zero-order valence-corrected chi connectivity index (χ0v) is 14.0. The monoisotopic (exact) mass is 326 g/mol. The Morgan fingerprint density at radius 2 is 1.75 bits per heavy atom. The number of carbonyl (C=O) groups is 3. The van der Waals surface area contributed by atoms with E-state index in [0.717, 1.165) is 16.8 Å². The number of benzene rings is 1. The number of nitrogens with one attached hydrogen (secondary N) is 1. The smallest absolute Gasteiger partial charge is 0.233 e. The number of allylic oxidation sites excluding steroid dienone is 2. The minimum Gasteiger partial charge on any atom is -0.326 e. The van der Waals surface area contributed by atoms with E-state index < -0.39 is 0 Å². The van der Waals surface area contributed by atoms with E-state index in [2.05, 4.69) is 5.32 Å². The molecule has 0 saturated carbocycles. The Morgan fingerprint density at radius 3 is 2.33 bits per heavy atom. The zero-order valence-electron chi connectivity index (χ0n) is 14.0. The van der Waals surface area contributed by atoms with E-state index in [1.807, 2.05) is 44.2 Å². The number of amides is 3. The Morgan fingerprint density at radius 1 is 1.12 bits per heavy atom. The third-order valence-corrected chi connectivity index (χ3v) is 4.82. The molecular weight excluding hydrogens is 304 g/mol. The minimum absolute atomic E-state index is 0.123. The maximum Gasteiger partial charge on any atom is 0.233 e. The SMILES string of the molecule is Cc1ccc(NC(=O)CCN2C(=O)[C@H]3CC=CC[C@H]3C2=O)c(C)c1. The van der Waals surface area contributed by atoms with Crippen LogP contribution in [0.4, 0.5) is 5.69 Å². The summed E-state index contributed by atoms with van der Waals surface area (Å²) in [4.78, 5) is 38.1. The highest BCUT2D eigenvalue weighted by Crippen LogP contribution is 2.35. The van der Waals surface area contributed by atoms with Gasteiger partial charge in [-0.15, -0.1) is 0 Å². The molecule has 1 fully saturated rings. The first-order valence-corrected chi connectivity index (χ1v) is 8.34. The number of aryl methyl sites for hydroxylation is 2. The highest BCUT2D eigenvalue weighted by Gasteiger charge is 2.46. The molecule has 0 bridgehead atoms. The maximum atomic E-state index is 12.4. The molecule has 1 heterocycles. The zero-order chi connectivity index (χ0) is 17.3. The molecule has 24 heavy (non-hydrogen) atoms. The van der Waals surface area contributed by atoms with E-state index in [1.54, 1.807) is 0 Å². The van der Waals surface area contributed by atoms with E-state index in [1.165, 1.54) is 4.90 Å². The van der Waals surface area contributed by atoms with Crippen LogP contribution in [0.25, 0.3) is 0 Å². The number of carbonyl (C=O) groups excluding carboxylic acids is 3. The quantitative estimate of drug-likeness (QED) is 0.683. The average Bonchev–Trinajstić information content (AvgIpc) is 2.80. The van der Waals surface area contributed by atoms with Gasteiger partial charge in [-0.2, -0.15) is 0 Å².